The topological polar surface area (TPSA) is 80.1 Å². The predicted octanol–water partition coefficient (Wildman–Crippen LogP) is 4.22. The zero-order chi connectivity index (χ0) is 17.9. The van der Waals surface area contributed by atoms with Crippen LogP contribution in [0.1, 0.15) is 15.9 Å². The van der Waals surface area contributed by atoms with Gasteiger partial charge in [0.1, 0.15) is 11.3 Å². The van der Waals surface area contributed by atoms with Crippen LogP contribution < -0.4 is 5.32 Å². The van der Waals surface area contributed by atoms with Crippen LogP contribution in [0.2, 0.25) is 0 Å². The van der Waals surface area contributed by atoms with Crippen LogP contribution in [0, 0.1) is 0 Å². The minimum atomic E-state index is -0.361. The lowest BCUT2D eigenvalue weighted by Gasteiger charge is -2.07. The summed E-state index contributed by atoms with van der Waals surface area (Å²) in [6, 6.07) is 17.0. The molecule has 4 aromatic rings. The normalized spacial score (nSPS) is 10.8. The van der Waals surface area contributed by atoms with Gasteiger partial charge in [0.15, 0.2) is 5.76 Å². The highest BCUT2D eigenvalue weighted by atomic mass is 16.5. The van der Waals surface area contributed by atoms with E-state index in [0.29, 0.717) is 12.1 Å². The number of para-hydroxylation sites is 1. The van der Waals surface area contributed by atoms with E-state index in [1.54, 1.807) is 18.3 Å². The molecule has 2 aromatic heterocycles. The molecule has 0 spiro atoms. The quantitative estimate of drug-likeness (QED) is 0.528. The van der Waals surface area contributed by atoms with Gasteiger partial charge in [-0.1, -0.05) is 24.3 Å². The second-order valence-corrected chi connectivity index (χ2v) is 5.84. The average molecular weight is 347 g/mol. The van der Waals surface area contributed by atoms with Crippen molar-refractivity contribution in [3.05, 3.63) is 71.9 Å². The Bertz CT molecular complexity index is 1030. The molecule has 0 aliphatic rings. The summed E-state index contributed by atoms with van der Waals surface area (Å²) < 4.78 is 10.7. The van der Waals surface area contributed by atoms with E-state index in [1.165, 1.54) is 7.11 Å². The van der Waals surface area contributed by atoms with E-state index in [9.17, 15) is 4.79 Å². The summed E-state index contributed by atoms with van der Waals surface area (Å²) in [5.41, 5.74) is 3.96. The van der Waals surface area contributed by atoms with E-state index in [0.717, 1.165) is 33.7 Å². The van der Waals surface area contributed by atoms with Gasteiger partial charge in [0.25, 0.3) is 0 Å². The molecule has 26 heavy (non-hydrogen) atoms. The Balaban J connectivity index is 1.55. The zero-order valence-corrected chi connectivity index (χ0v) is 14.2. The highest BCUT2D eigenvalue weighted by Crippen LogP contribution is 2.28. The molecule has 0 amide bonds. The highest BCUT2D eigenvalue weighted by Gasteiger charge is 2.13. The monoisotopic (exact) mass is 347 g/mol. The maximum absolute atomic E-state index is 11.6. The molecular weight excluding hydrogens is 330 g/mol. The molecule has 4 rings (SSSR count). The molecule has 0 radical (unpaired) electrons. The number of nitrogens with one attached hydrogen (secondary N) is 2. The van der Waals surface area contributed by atoms with E-state index >= 15 is 0 Å². The Morgan fingerprint density at radius 2 is 2.08 bits per heavy atom. The molecule has 0 aliphatic carbocycles. The molecule has 0 bridgehead atoms. The van der Waals surface area contributed by atoms with Gasteiger partial charge in [-0.25, -0.2) is 4.79 Å². The van der Waals surface area contributed by atoms with Crippen LogP contribution in [0.5, 0.6) is 0 Å². The third-order valence-electron chi connectivity index (χ3n) is 4.16. The highest BCUT2D eigenvalue weighted by molar-refractivity contribution is 5.90. The first-order valence-corrected chi connectivity index (χ1v) is 8.18. The number of esters is 1. The van der Waals surface area contributed by atoms with Crippen LogP contribution in [-0.2, 0) is 11.3 Å². The van der Waals surface area contributed by atoms with Crippen molar-refractivity contribution in [2.75, 3.05) is 12.4 Å². The number of benzene rings is 2. The molecule has 0 fully saturated rings. The van der Waals surface area contributed by atoms with E-state index < -0.39 is 0 Å². The maximum Gasteiger partial charge on any atom is 0.337 e. The number of anilines is 1. The summed E-state index contributed by atoms with van der Waals surface area (Å²) >= 11 is 0. The van der Waals surface area contributed by atoms with Crippen LogP contribution in [0.3, 0.4) is 0 Å². The molecule has 2 N–H and O–H groups in total. The standard InChI is InChI=1S/C20H17N3O3/c1-25-20(24)14-6-4-7-16(9-14)21-11-15-12-22-23-19(15)18-10-13-5-2-3-8-17(13)26-18/h2-10,12,21H,11H2,1H3,(H,22,23). The molecular formula is C20H17N3O3. The number of carbonyl (C=O) groups excluding carboxylic acids is 1. The number of aromatic amines is 1. The first-order chi connectivity index (χ1) is 12.7. The van der Waals surface area contributed by atoms with Crippen molar-refractivity contribution in [3.63, 3.8) is 0 Å². The maximum atomic E-state index is 11.6. The van der Waals surface area contributed by atoms with Crippen molar-refractivity contribution >= 4 is 22.6 Å². The number of nitrogens with zero attached hydrogens (tertiary/aromatic N) is 1. The average Bonchev–Trinajstić information content (AvgIpc) is 3.32. The molecule has 0 aliphatic heterocycles. The van der Waals surface area contributed by atoms with Gasteiger partial charge in [0.05, 0.1) is 18.9 Å². The van der Waals surface area contributed by atoms with E-state index in [4.69, 9.17) is 9.15 Å². The molecule has 0 unspecified atom stereocenters. The van der Waals surface area contributed by atoms with Crippen molar-refractivity contribution in [2.24, 2.45) is 0 Å². The van der Waals surface area contributed by atoms with Gasteiger partial charge in [-0.2, -0.15) is 5.10 Å². The number of ether oxygens (including phenoxy) is 1. The third kappa shape index (κ3) is 3.04. The largest absolute Gasteiger partial charge is 0.465 e. The van der Waals surface area contributed by atoms with Crippen molar-refractivity contribution in [1.82, 2.24) is 10.2 Å². The Morgan fingerprint density at radius 1 is 1.19 bits per heavy atom. The summed E-state index contributed by atoms with van der Waals surface area (Å²) in [5.74, 6) is 0.378. The van der Waals surface area contributed by atoms with Gasteiger partial charge < -0.3 is 14.5 Å². The van der Waals surface area contributed by atoms with Crippen LogP contribution >= 0.6 is 0 Å². The van der Waals surface area contributed by atoms with Gasteiger partial charge in [-0.15, -0.1) is 0 Å². The van der Waals surface area contributed by atoms with Crippen LogP contribution in [0.25, 0.3) is 22.4 Å². The SMILES string of the molecule is COC(=O)c1cccc(NCc2cn[nH]c2-c2cc3ccccc3o2)c1. The second-order valence-electron chi connectivity index (χ2n) is 5.84. The van der Waals surface area contributed by atoms with Crippen molar-refractivity contribution in [2.45, 2.75) is 6.54 Å². The molecule has 130 valence electrons. The Labute approximate surface area is 149 Å². The summed E-state index contributed by atoms with van der Waals surface area (Å²) in [4.78, 5) is 11.6. The third-order valence-corrected chi connectivity index (χ3v) is 4.16. The summed E-state index contributed by atoms with van der Waals surface area (Å²) in [6.45, 7) is 0.535. The summed E-state index contributed by atoms with van der Waals surface area (Å²) in [6.07, 6.45) is 1.76. The molecule has 0 atom stereocenters. The fourth-order valence-corrected chi connectivity index (χ4v) is 2.83. The number of carbonyl (C=O) groups is 1. The van der Waals surface area contributed by atoms with Crippen molar-refractivity contribution in [3.8, 4) is 11.5 Å². The lowest BCUT2D eigenvalue weighted by molar-refractivity contribution is 0.0601. The van der Waals surface area contributed by atoms with E-state index in [2.05, 4.69) is 15.5 Å². The molecule has 2 aromatic carbocycles. The number of aromatic nitrogens is 2. The molecule has 2 heterocycles. The van der Waals surface area contributed by atoms with Crippen LogP contribution in [0.4, 0.5) is 5.69 Å². The Kier molecular flexibility index (Phi) is 4.15. The van der Waals surface area contributed by atoms with Gasteiger partial charge in [-0.3, -0.25) is 5.10 Å². The van der Waals surface area contributed by atoms with Gasteiger partial charge in [0, 0.05) is 23.2 Å². The van der Waals surface area contributed by atoms with Gasteiger partial charge in [-0.05, 0) is 30.3 Å². The fraction of sp³-hybridized carbons (Fsp3) is 0.100. The minimum Gasteiger partial charge on any atom is -0.465 e. The predicted molar refractivity (Wildman–Crippen MR) is 98.9 cm³/mol. The number of hydrogen-bond acceptors (Lipinski definition) is 5. The first kappa shape index (κ1) is 16.0. The zero-order valence-electron chi connectivity index (χ0n) is 14.2. The minimum absolute atomic E-state index is 0.361. The number of H-pyrrole nitrogens is 1. The van der Waals surface area contributed by atoms with Crippen molar-refractivity contribution < 1.29 is 13.9 Å². The summed E-state index contributed by atoms with van der Waals surface area (Å²) in [5, 5.41) is 11.5. The fourth-order valence-electron chi connectivity index (χ4n) is 2.83. The molecule has 0 saturated heterocycles. The Hall–Kier alpha value is -3.54. The lowest BCUT2D eigenvalue weighted by atomic mass is 10.1. The van der Waals surface area contributed by atoms with E-state index in [-0.39, 0.29) is 5.97 Å². The van der Waals surface area contributed by atoms with Gasteiger partial charge >= 0.3 is 5.97 Å². The molecule has 6 heteroatoms. The number of fused-ring (bicyclic) bond motifs is 1. The van der Waals surface area contributed by atoms with E-state index in [1.807, 2.05) is 42.5 Å². The second kappa shape index (κ2) is 6.76. The number of furan rings is 1. The Morgan fingerprint density at radius 3 is 2.92 bits per heavy atom. The molecule has 0 saturated carbocycles. The summed E-state index contributed by atoms with van der Waals surface area (Å²) in [7, 11) is 1.37. The molecule has 6 nitrogen and oxygen atoms in total. The van der Waals surface area contributed by atoms with Crippen molar-refractivity contribution in [1.29, 1.82) is 0 Å². The van der Waals surface area contributed by atoms with Crippen LogP contribution in [-0.4, -0.2) is 23.3 Å². The number of hydrogen-bond donors (Lipinski definition) is 2. The number of methoxy groups -OCH3 is 1. The van der Waals surface area contributed by atoms with Crippen LogP contribution in [0.15, 0.2) is 65.2 Å². The smallest absolute Gasteiger partial charge is 0.337 e. The number of rotatable bonds is 5. The first-order valence-electron chi connectivity index (χ1n) is 8.18. The van der Waals surface area contributed by atoms with Gasteiger partial charge in [0.2, 0.25) is 0 Å². The lowest BCUT2D eigenvalue weighted by Crippen LogP contribution is -2.04.